The summed E-state index contributed by atoms with van der Waals surface area (Å²) in [5.41, 5.74) is 3.06. The molecule has 21 heavy (non-hydrogen) atoms. The third-order valence-corrected chi connectivity index (χ3v) is 4.02. The molecule has 0 unspecified atom stereocenters. The lowest BCUT2D eigenvalue weighted by Crippen LogP contribution is -2.34. The fourth-order valence-electron chi connectivity index (χ4n) is 2.96. The molecule has 1 N–H and O–H groups in total. The number of nitrogens with zero attached hydrogens (tertiary/aromatic N) is 2. The number of benzene rings is 1. The van der Waals surface area contributed by atoms with Crippen LogP contribution in [0.4, 0.5) is 0 Å². The van der Waals surface area contributed by atoms with E-state index >= 15 is 0 Å². The highest BCUT2D eigenvalue weighted by molar-refractivity contribution is 6.03. The van der Waals surface area contributed by atoms with Gasteiger partial charge in [0.1, 0.15) is 11.4 Å². The van der Waals surface area contributed by atoms with Crippen molar-refractivity contribution in [3.05, 3.63) is 29.5 Å². The van der Waals surface area contributed by atoms with E-state index in [1.807, 2.05) is 26.2 Å². The van der Waals surface area contributed by atoms with Gasteiger partial charge >= 0.3 is 0 Å². The molecule has 2 heterocycles. The van der Waals surface area contributed by atoms with Crippen LogP contribution in [0, 0.1) is 0 Å². The maximum atomic E-state index is 12.3. The predicted molar refractivity (Wildman–Crippen MR) is 83.1 cm³/mol. The maximum absolute atomic E-state index is 12.3. The van der Waals surface area contributed by atoms with Gasteiger partial charge in [-0.05, 0) is 38.2 Å². The molecule has 2 aromatic rings. The number of amides is 1. The van der Waals surface area contributed by atoms with E-state index in [0.717, 1.165) is 42.0 Å². The molecule has 1 aromatic heterocycles. The molecule has 0 saturated carbocycles. The van der Waals surface area contributed by atoms with Gasteiger partial charge < -0.3 is 19.5 Å². The highest BCUT2D eigenvalue weighted by atomic mass is 16.5. The third kappa shape index (κ3) is 2.38. The van der Waals surface area contributed by atoms with Gasteiger partial charge in [-0.3, -0.25) is 4.79 Å². The van der Waals surface area contributed by atoms with E-state index in [9.17, 15) is 4.79 Å². The SMILES string of the molecule is COc1ccc2c3c(n(CCN(C)C)c2c1)C(=O)NCC3. The zero-order chi connectivity index (χ0) is 15.0. The minimum atomic E-state index is 0.0326. The van der Waals surface area contributed by atoms with E-state index in [-0.39, 0.29) is 5.91 Å². The quantitative estimate of drug-likeness (QED) is 0.927. The molecule has 112 valence electrons. The number of ether oxygens (including phenoxy) is 1. The van der Waals surface area contributed by atoms with Crippen LogP contribution in [0.3, 0.4) is 0 Å². The Balaban J connectivity index is 2.19. The van der Waals surface area contributed by atoms with Crippen LogP contribution in [0.15, 0.2) is 18.2 Å². The lowest BCUT2D eigenvalue weighted by atomic mass is 10.0. The van der Waals surface area contributed by atoms with E-state index in [0.29, 0.717) is 6.54 Å². The number of carbonyl (C=O) groups is 1. The van der Waals surface area contributed by atoms with Crippen LogP contribution >= 0.6 is 0 Å². The number of hydrogen-bond donors (Lipinski definition) is 1. The fourth-order valence-corrected chi connectivity index (χ4v) is 2.96. The van der Waals surface area contributed by atoms with Crippen molar-refractivity contribution in [1.29, 1.82) is 0 Å². The van der Waals surface area contributed by atoms with Crippen LogP contribution in [0.25, 0.3) is 10.9 Å². The number of rotatable bonds is 4. The molecular formula is C16H21N3O2. The molecule has 0 radical (unpaired) electrons. The second-order valence-corrected chi connectivity index (χ2v) is 5.67. The molecule has 0 saturated heterocycles. The zero-order valence-corrected chi connectivity index (χ0v) is 12.8. The number of carbonyl (C=O) groups excluding carboxylic acids is 1. The Kier molecular flexibility index (Phi) is 3.59. The summed E-state index contributed by atoms with van der Waals surface area (Å²) in [5, 5.41) is 4.12. The van der Waals surface area contributed by atoms with Gasteiger partial charge in [-0.1, -0.05) is 0 Å². The predicted octanol–water partition coefficient (Wildman–Crippen LogP) is 1.50. The Morgan fingerprint density at radius 3 is 2.90 bits per heavy atom. The van der Waals surface area contributed by atoms with Gasteiger partial charge in [0.15, 0.2) is 0 Å². The summed E-state index contributed by atoms with van der Waals surface area (Å²) in [5.74, 6) is 0.856. The molecule has 1 amide bonds. The van der Waals surface area contributed by atoms with E-state index < -0.39 is 0 Å². The van der Waals surface area contributed by atoms with Crippen molar-refractivity contribution in [2.45, 2.75) is 13.0 Å². The summed E-state index contributed by atoms with van der Waals surface area (Å²) >= 11 is 0. The molecule has 0 atom stereocenters. The number of hydrogen-bond acceptors (Lipinski definition) is 3. The number of methoxy groups -OCH3 is 1. The number of nitrogens with one attached hydrogen (secondary N) is 1. The first-order valence-corrected chi connectivity index (χ1v) is 7.24. The number of aromatic nitrogens is 1. The summed E-state index contributed by atoms with van der Waals surface area (Å²) in [6.07, 6.45) is 0.888. The van der Waals surface area contributed by atoms with E-state index in [4.69, 9.17) is 4.74 Å². The monoisotopic (exact) mass is 287 g/mol. The first kappa shape index (κ1) is 13.9. The first-order valence-electron chi connectivity index (χ1n) is 7.24. The van der Waals surface area contributed by atoms with Gasteiger partial charge in [-0.15, -0.1) is 0 Å². The van der Waals surface area contributed by atoms with E-state index in [1.54, 1.807) is 7.11 Å². The van der Waals surface area contributed by atoms with Crippen molar-refractivity contribution in [2.24, 2.45) is 0 Å². The minimum absolute atomic E-state index is 0.0326. The molecule has 3 rings (SSSR count). The summed E-state index contributed by atoms with van der Waals surface area (Å²) in [6, 6.07) is 6.06. The van der Waals surface area contributed by atoms with Crippen LogP contribution in [0.1, 0.15) is 16.1 Å². The maximum Gasteiger partial charge on any atom is 0.268 e. The lowest BCUT2D eigenvalue weighted by molar-refractivity contribution is 0.0936. The van der Waals surface area contributed by atoms with Crippen molar-refractivity contribution in [2.75, 3.05) is 34.3 Å². The van der Waals surface area contributed by atoms with Gasteiger partial charge in [0, 0.05) is 31.1 Å². The smallest absolute Gasteiger partial charge is 0.268 e. The largest absolute Gasteiger partial charge is 0.497 e. The molecule has 0 bridgehead atoms. The van der Waals surface area contributed by atoms with Crippen LogP contribution in [-0.2, 0) is 13.0 Å². The molecule has 1 aromatic carbocycles. The normalized spacial score (nSPS) is 14.4. The fraction of sp³-hybridized carbons (Fsp3) is 0.438. The topological polar surface area (TPSA) is 46.5 Å². The molecule has 1 aliphatic rings. The molecule has 5 nitrogen and oxygen atoms in total. The average Bonchev–Trinajstić information content (AvgIpc) is 2.79. The minimum Gasteiger partial charge on any atom is -0.497 e. The highest BCUT2D eigenvalue weighted by Crippen LogP contribution is 2.31. The Bertz CT molecular complexity index is 688. The average molecular weight is 287 g/mol. The van der Waals surface area contributed by atoms with Crippen molar-refractivity contribution < 1.29 is 9.53 Å². The van der Waals surface area contributed by atoms with Gasteiger partial charge in [0.05, 0.1) is 12.6 Å². The Hall–Kier alpha value is -2.01. The first-order chi connectivity index (χ1) is 10.1. The molecular weight excluding hydrogens is 266 g/mol. The molecule has 1 aliphatic heterocycles. The lowest BCUT2D eigenvalue weighted by Gasteiger charge is -2.18. The summed E-state index contributed by atoms with van der Waals surface area (Å²) in [6.45, 7) is 2.39. The van der Waals surface area contributed by atoms with Crippen molar-refractivity contribution in [1.82, 2.24) is 14.8 Å². The number of fused-ring (bicyclic) bond motifs is 3. The molecule has 0 aliphatic carbocycles. The second kappa shape index (κ2) is 5.41. The third-order valence-electron chi connectivity index (χ3n) is 4.02. The van der Waals surface area contributed by atoms with Gasteiger partial charge in [0.25, 0.3) is 5.91 Å². The van der Waals surface area contributed by atoms with Crippen LogP contribution in [0.2, 0.25) is 0 Å². The summed E-state index contributed by atoms with van der Waals surface area (Å²) in [4.78, 5) is 14.4. The number of likely N-dealkylation sites (N-methyl/N-ethyl adjacent to an activating group) is 1. The molecule has 5 heteroatoms. The van der Waals surface area contributed by atoms with Gasteiger partial charge in [0.2, 0.25) is 0 Å². The zero-order valence-electron chi connectivity index (χ0n) is 12.8. The summed E-state index contributed by atoms with van der Waals surface area (Å²) < 4.78 is 7.46. The Morgan fingerprint density at radius 1 is 1.38 bits per heavy atom. The standard InChI is InChI=1S/C16H21N3O2/c1-18(2)8-9-19-14-10-11(21-3)4-5-12(14)13-6-7-17-16(20)15(13)19/h4-5,10H,6-9H2,1-3H3,(H,17,20). The summed E-state index contributed by atoms with van der Waals surface area (Å²) in [7, 11) is 5.75. The Labute approximate surface area is 124 Å². The van der Waals surface area contributed by atoms with E-state index in [2.05, 4.69) is 20.9 Å². The second-order valence-electron chi connectivity index (χ2n) is 5.67. The van der Waals surface area contributed by atoms with E-state index in [1.165, 1.54) is 5.39 Å². The highest BCUT2D eigenvalue weighted by Gasteiger charge is 2.25. The van der Waals surface area contributed by atoms with Crippen LogP contribution in [-0.4, -0.2) is 49.7 Å². The molecule has 0 fully saturated rings. The van der Waals surface area contributed by atoms with Crippen molar-refractivity contribution in [3.8, 4) is 5.75 Å². The molecule has 0 spiro atoms. The van der Waals surface area contributed by atoms with Gasteiger partial charge in [-0.25, -0.2) is 0 Å². The van der Waals surface area contributed by atoms with Crippen molar-refractivity contribution in [3.63, 3.8) is 0 Å². The van der Waals surface area contributed by atoms with Crippen LogP contribution < -0.4 is 10.1 Å². The van der Waals surface area contributed by atoms with Crippen LogP contribution in [0.5, 0.6) is 5.75 Å². The Morgan fingerprint density at radius 2 is 2.19 bits per heavy atom. The van der Waals surface area contributed by atoms with Crippen molar-refractivity contribution >= 4 is 16.8 Å². The van der Waals surface area contributed by atoms with Gasteiger partial charge in [-0.2, -0.15) is 0 Å².